The molecule has 0 spiro atoms. The Morgan fingerprint density at radius 3 is 2.59 bits per heavy atom. The number of piperazine rings is 1. The Balaban J connectivity index is 1.69. The van der Waals surface area contributed by atoms with Crippen molar-refractivity contribution in [3.8, 4) is 0 Å². The van der Waals surface area contributed by atoms with Crippen LogP contribution in [-0.4, -0.2) is 112 Å². The van der Waals surface area contributed by atoms with Crippen LogP contribution < -0.4 is 27.4 Å². The molecule has 3 aliphatic rings. The summed E-state index contributed by atoms with van der Waals surface area (Å²) in [4.78, 5) is 18.8. The Morgan fingerprint density at radius 1 is 1.19 bits per heavy atom. The SMILES string of the molecule is CCCC1(CC)CCC(F)CNC(C(C(=O)NC2CNCCC2N2CCN(CCOC)CC2)C(N)N)C1. The fourth-order valence-electron chi connectivity index (χ4n) is 6.87. The van der Waals surface area contributed by atoms with Crippen LogP contribution in [0, 0.1) is 11.3 Å². The summed E-state index contributed by atoms with van der Waals surface area (Å²) in [5.41, 5.74) is 12.6. The molecule has 6 atom stereocenters. The van der Waals surface area contributed by atoms with E-state index in [0.29, 0.717) is 6.42 Å². The molecule has 3 fully saturated rings. The number of amides is 1. The van der Waals surface area contributed by atoms with Crippen LogP contribution in [-0.2, 0) is 9.53 Å². The number of halogens is 1. The number of hydrogen-bond acceptors (Lipinski definition) is 8. The number of ether oxygens (including phenoxy) is 1. The van der Waals surface area contributed by atoms with Crippen molar-refractivity contribution in [3.05, 3.63) is 0 Å². The lowest BCUT2D eigenvalue weighted by Crippen LogP contribution is -2.65. The van der Waals surface area contributed by atoms with E-state index in [0.717, 1.165) is 90.9 Å². The molecule has 216 valence electrons. The summed E-state index contributed by atoms with van der Waals surface area (Å²) in [5.74, 6) is -0.719. The molecule has 0 aromatic rings. The first-order chi connectivity index (χ1) is 17.8. The van der Waals surface area contributed by atoms with Gasteiger partial charge < -0.3 is 32.2 Å². The topological polar surface area (TPSA) is 121 Å². The van der Waals surface area contributed by atoms with Crippen LogP contribution in [0.4, 0.5) is 4.39 Å². The Morgan fingerprint density at radius 2 is 1.95 bits per heavy atom. The minimum Gasteiger partial charge on any atom is -0.383 e. The quantitative estimate of drug-likeness (QED) is 0.248. The second kappa shape index (κ2) is 15.1. The monoisotopic (exact) mass is 527 g/mol. The normalized spacial score (nSPS) is 33.6. The molecule has 6 unspecified atom stereocenters. The molecule has 1 amide bonds. The Hall–Kier alpha value is -0.880. The lowest BCUT2D eigenvalue weighted by Gasteiger charge is -2.45. The molecule has 0 radical (unpaired) electrons. The van der Waals surface area contributed by atoms with E-state index in [-0.39, 0.29) is 36.0 Å². The number of alkyl halides is 1. The van der Waals surface area contributed by atoms with E-state index in [1.54, 1.807) is 7.11 Å². The summed E-state index contributed by atoms with van der Waals surface area (Å²) in [5, 5.41) is 10.2. The summed E-state index contributed by atoms with van der Waals surface area (Å²) in [6.45, 7) is 12.0. The van der Waals surface area contributed by atoms with Gasteiger partial charge in [0.05, 0.1) is 24.7 Å². The fourth-order valence-corrected chi connectivity index (χ4v) is 6.87. The molecule has 0 aromatic carbocycles. The zero-order valence-electron chi connectivity index (χ0n) is 23.5. The lowest BCUT2D eigenvalue weighted by molar-refractivity contribution is -0.128. The second-order valence-corrected chi connectivity index (χ2v) is 11.6. The van der Waals surface area contributed by atoms with Gasteiger partial charge in [-0.15, -0.1) is 0 Å². The third-order valence-electron chi connectivity index (χ3n) is 9.18. The van der Waals surface area contributed by atoms with Crippen LogP contribution in [0.15, 0.2) is 0 Å². The number of piperidine rings is 1. The highest BCUT2D eigenvalue weighted by molar-refractivity contribution is 5.80. The molecule has 0 saturated carbocycles. The van der Waals surface area contributed by atoms with Crippen molar-refractivity contribution in [2.24, 2.45) is 22.8 Å². The number of carbonyl (C=O) groups excluding carboxylic acids is 1. The lowest BCUT2D eigenvalue weighted by atomic mass is 9.69. The molecule has 10 heteroatoms. The number of nitrogens with zero attached hydrogens (tertiary/aromatic N) is 2. The number of methoxy groups -OCH3 is 1. The van der Waals surface area contributed by atoms with Crippen molar-refractivity contribution in [1.82, 2.24) is 25.8 Å². The van der Waals surface area contributed by atoms with Gasteiger partial charge in [0, 0.05) is 65.0 Å². The summed E-state index contributed by atoms with van der Waals surface area (Å²) < 4.78 is 19.9. The van der Waals surface area contributed by atoms with Crippen LogP contribution in [0.1, 0.15) is 58.8 Å². The van der Waals surface area contributed by atoms with Gasteiger partial charge >= 0.3 is 0 Å². The van der Waals surface area contributed by atoms with Gasteiger partial charge in [-0.3, -0.25) is 14.6 Å². The van der Waals surface area contributed by atoms with Crippen molar-refractivity contribution in [1.29, 1.82) is 0 Å². The average Bonchev–Trinajstić information content (AvgIpc) is 2.89. The molecule has 9 nitrogen and oxygen atoms in total. The van der Waals surface area contributed by atoms with Gasteiger partial charge in [0.15, 0.2) is 0 Å². The highest BCUT2D eigenvalue weighted by atomic mass is 19.1. The molecule has 3 heterocycles. The number of nitrogens with two attached hydrogens (primary N) is 2. The maximum atomic E-state index is 14.7. The van der Waals surface area contributed by atoms with E-state index in [2.05, 4.69) is 39.6 Å². The number of carbonyl (C=O) groups is 1. The highest BCUT2D eigenvalue weighted by Gasteiger charge is 2.42. The molecule has 0 aromatic heterocycles. The van der Waals surface area contributed by atoms with Crippen molar-refractivity contribution in [3.63, 3.8) is 0 Å². The van der Waals surface area contributed by atoms with Gasteiger partial charge in [0.2, 0.25) is 5.91 Å². The largest absolute Gasteiger partial charge is 0.383 e. The zero-order chi connectivity index (χ0) is 26.8. The van der Waals surface area contributed by atoms with E-state index in [4.69, 9.17) is 16.2 Å². The van der Waals surface area contributed by atoms with Gasteiger partial charge in [-0.25, -0.2) is 4.39 Å². The molecule has 3 rings (SSSR count). The van der Waals surface area contributed by atoms with Crippen LogP contribution in [0.3, 0.4) is 0 Å². The van der Waals surface area contributed by atoms with Crippen molar-refractivity contribution >= 4 is 5.91 Å². The predicted octanol–water partition coefficient (Wildman–Crippen LogP) is 0.634. The summed E-state index contributed by atoms with van der Waals surface area (Å²) in [6, 6.07) is 0.0196. The van der Waals surface area contributed by atoms with Crippen LogP contribution in [0.2, 0.25) is 0 Å². The van der Waals surface area contributed by atoms with Gasteiger partial charge in [0.25, 0.3) is 0 Å². The molecule has 0 bridgehead atoms. The summed E-state index contributed by atoms with van der Waals surface area (Å²) in [7, 11) is 1.74. The Bertz CT molecular complexity index is 679. The van der Waals surface area contributed by atoms with Gasteiger partial charge in [-0.05, 0) is 44.1 Å². The predicted molar refractivity (Wildman–Crippen MR) is 147 cm³/mol. The Kier molecular flexibility index (Phi) is 12.5. The van der Waals surface area contributed by atoms with Crippen LogP contribution in [0.25, 0.3) is 0 Å². The van der Waals surface area contributed by atoms with E-state index in [1.165, 1.54) is 0 Å². The molecular weight excluding hydrogens is 473 g/mol. The first kappa shape index (κ1) is 30.7. The smallest absolute Gasteiger partial charge is 0.227 e. The van der Waals surface area contributed by atoms with Crippen LogP contribution >= 0.6 is 0 Å². The van der Waals surface area contributed by atoms with E-state index in [1.807, 2.05) is 0 Å². The standard InChI is InChI=1S/C27H54FN7O2/c1-4-8-27(5-2)9-6-20(28)18-32-21(17-27)24(25(29)30)26(36)33-22-19-31-10-7-23(22)35-13-11-34(12-14-35)15-16-37-3/h20-25,31-32H,4-19,29-30H2,1-3H3,(H,33,36). The molecular formula is C27H54FN7O2. The van der Waals surface area contributed by atoms with E-state index < -0.39 is 18.3 Å². The third-order valence-corrected chi connectivity index (χ3v) is 9.18. The minimum atomic E-state index is -0.919. The summed E-state index contributed by atoms with van der Waals surface area (Å²) >= 11 is 0. The van der Waals surface area contributed by atoms with Crippen LogP contribution in [0.5, 0.6) is 0 Å². The van der Waals surface area contributed by atoms with E-state index >= 15 is 0 Å². The van der Waals surface area contributed by atoms with Crippen molar-refractivity contribution in [2.45, 2.75) is 89.3 Å². The Labute approximate surface area is 223 Å². The number of nitrogens with one attached hydrogen (secondary N) is 3. The fraction of sp³-hybridized carbons (Fsp3) is 0.963. The first-order valence-electron chi connectivity index (χ1n) is 14.7. The number of rotatable bonds is 11. The highest BCUT2D eigenvalue weighted by Crippen LogP contribution is 2.41. The molecule has 3 saturated heterocycles. The maximum Gasteiger partial charge on any atom is 0.227 e. The minimum absolute atomic E-state index is 0.00200. The van der Waals surface area contributed by atoms with Gasteiger partial charge in [-0.2, -0.15) is 0 Å². The second-order valence-electron chi connectivity index (χ2n) is 11.6. The molecule has 37 heavy (non-hydrogen) atoms. The van der Waals surface area contributed by atoms with Crippen molar-refractivity contribution in [2.75, 3.05) is 66.1 Å². The number of hydrogen-bond donors (Lipinski definition) is 5. The van der Waals surface area contributed by atoms with Crippen molar-refractivity contribution < 1.29 is 13.9 Å². The average molecular weight is 528 g/mol. The zero-order valence-corrected chi connectivity index (χ0v) is 23.5. The van der Waals surface area contributed by atoms with Gasteiger partial charge in [0.1, 0.15) is 6.17 Å². The summed E-state index contributed by atoms with van der Waals surface area (Å²) in [6.07, 6.45) is 4.48. The van der Waals surface area contributed by atoms with E-state index in [9.17, 15) is 9.18 Å². The molecule has 3 aliphatic heterocycles. The third kappa shape index (κ3) is 8.55. The first-order valence-corrected chi connectivity index (χ1v) is 14.7. The van der Waals surface area contributed by atoms with Gasteiger partial charge in [-0.1, -0.05) is 26.7 Å². The molecule has 7 N–H and O–H groups in total. The molecule has 0 aliphatic carbocycles. The maximum absolute atomic E-state index is 14.7.